The summed E-state index contributed by atoms with van der Waals surface area (Å²) in [5.74, 6) is 6.13. The van der Waals surface area contributed by atoms with Crippen molar-refractivity contribution < 1.29 is 0 Å². The van der Waals surface area contributed by atoms with E-state index >= 15 is 0 Å². The largest absolute Gasteiger partial charge is 0.0978 e. The second-order valence-corrected chi connectivity index (χ2v) is 4.04. The minimum Gasteiger partial charge on any atom is -0.0978 e. The third-order valence-corrected chi connectivity index (χ3v) is 2.46. The van der Waals surface area contributed by atoms with Gasteiger partial charge in [-0.2, -0.15) is 0 Å². The summed E-state index contributed by atoms with van der Waals surface area (Å²) in [5.41, 5.74) is 2.74. The first-order valence-corrected chi connectivity index (χ1v) is 5.97. The van der Waals surface area contributed by atoms with Gasteiger partial charge in [0.2, 0.25) is 0 Å². The maximum atomic E-state index is 5.80. The van der Waals surface area contributed by atoms with Crippen molar-refractivity contribution in [1.29, 1.82) is 0 Å². The lowest BCUT2D eigenvalue weighted by molar-refractivity contribution is 1.60. The molecule has 90 valence electrons. The fourth-order valence-electron chi connectivity index (χ4n) is 1.24. The summed E-state index contributed by atoms with van der Waals surface area (Å²) in [6.45, 7) is 9.37. The summed E-state index contributed by atoms with van der Waals surface area (Å²) < 4.78 is 0. The predicted molar refractivity (Wildman–Crippen MR) is 81.3 cm³/mol. The predicted octanol–water partition coefficient (Wildman–Crippen LogP) is 4.94. The molecule has 0 atom stereocenters. The first-order valence-electron chi connectivity index (χ1n) is 5.59. The van der Waals surface area contributed by atoms with Gasteiger partial charge < -0.3 is 0 Å². The molecule has 1 aromatic rings. The molecule has 18 heavy (non-hydrogen) atoms. The molecule has 0 aliphatic carbocycles. The van der Waals surface area contributed by atoms with Crippen LogP contribution in [0.2, 0.25) is 0 Å². The molecule has 0 saturated heterocycles. The van der Waals surface area contributed by atoms with Crippen LogP contribution >= 0.6 is 11.6 Å². The van der Waals surface area contributed by atoms with E-state index in [1.165, 1.54) is 0 Å². The molecule has 0 nitrogen and oxygen atoms in total. The maximum Gasteiger partial charge on any atom is 0.0406 e. The third kappa shape index (κ3) is 4.49. The van der Waals surface area contributed by atoms with Gasteiger partial charge in [-0.15, -0.1) is 0 Å². The number of rotatable bonds is 3. The summed E-state index contributed by atoms with van der Waals surface area (Å²) in [4.78, 5) is 0. The lowest BCUT2D eigenvalue weighted by atomic mass is 10.1. The molecule has 0 amide bonds. The zero-order valence-corrected chi connectivity index (χ0v) is 11.2. The molecule has 0 aliphatic rings. The van der Waals surface area contributed by atoms with Crippen LogP contribution in [0.1, 0.15) is 18.1 Å². The van der Waals surface area contributed by atoms with Gasteiger partial charge >= 0.3 is 0 Å². The average Bonchev–Trinajstić information content (AvgIpc) is 2.39. The molecule has 1 heteroatoms. The average molecular weight is 255 g/mol. The minimum absolute atomic E-state index is 0.536. The van der Waals surface area contributed by atoms with Crippen molar-refractivity contribution in [2.75, 3.05) is 0 Å². The summed E-state index contributed by atoms with van der Waals surface area (Å²) in [7, 11) is 0. The molecule has 0 heterocycles. The van der Waals surface area contributed by atoms with Gasteiger partial charge in [0.1, 0.15) is 0 Å². The molecular weight excluding hydrogens is 240 g/mol. The molecule has 0 N–H and O–H groups in total. The van der Waals surface area contributed by atoms with E-state index in [-0.39, 0.29) is 0 Å². The van der Waals surface area contributed by atoms with Crippen molar-refractivity contribution in [1.82, 2.24) is 0 Å². The highest BCUT2D eigenvalue weighted by Gasteiger charge is 1.93. The molecule has 0 bridgehead atoms. The first kappa shape index (κ1) is 14.1. The molecule has 0 unspecified atom stereocenters. The van der Waals surface area contributed by atoms with E-state index in [1.807, 2.05) is 49.4 Å². The van der Waals surface area contributed by atoms with E-state index < -0.39 is 0 Å². The summed E-state index contributed by atoms with van der Waals surface area (Å²) in [6, 6.07) is 7.66. The Kier molecular flexibility index (Phi) is 5.77. The molecular formula is C17H15Cl. The minimum atomic E-state index is 0.536. The van der Waals surface area contributed by atoms with Gasteiger partial charge in [-0.3, -0.25) is 0 Å². The van der Waals surface area contributed by atoms with Gasteiger partial charge in [0.25, 0.3) is 0 Å². The molecule has 0 radical (unpaired) electrons. The Morgan fingerprint density at radius 3 is 2.44 bits per heavy atom. The van der Waals surface area contributed by atoms with Gasteiger partial charge in [-0.05, 0) is 30.7 Å². The van der Waals surface area contributed by atoms with Crippen LogP contribution in [0.5, 0.6) is 0 Å². The van der Waals surface area contributed by atoms with Crippen LogP contribution in [-0.4, -0.2) is 0 Å². The number of allylic oxidation sites excluding steroid dienone is 5. The summed E-state index contributed by atoms with van der Waals surface area (Å²) in [6.07, 6.45) is 7.55. The number of benzene rings is 1. The molecule has 0 spiro atoms. The van der Waals surface area contributed by atoms with Crippen molar-refractivity contribution in [3.8, 4) is 11.8 Å². The standard InChI is InChI=1S/C17H15Cl/c1-4-6-7-15(5-2)8-9-16-10-12-17(13-11-16)14(3)18/h4-7,10-13H,2-3H2,1H3/b6-4-,15-7+. The second kappa shape index (κ2) is 7.37. The molecule has 0 saturated carbocycles. The van der Waals surface area contributed by atoms with Gasteiger partial charge in [-0.25, -0.2) is 0 Å². The van der Waals surface area contributed by atoms with E-state index in [0.29, 0.717) is 5.03 Å². The van der Waals surface area contributed by atoms with Crippen molar-refractivity contribution in [3.63, 3.8) is 0 Å². The zero-order chi connectivity index (χ0) is 13.4. The molecule has 1 rings (SSSR count). The van der Waals surface area contributed by atoms with Crippen LogP contribution in [0.3, 0.4) is 0 Å². The fourth-order valence-corrected chi connectivity index (χ4v) is 1.37. The van der Waals surface area contributed by atoms with Crippen LogP contribution in [0.4, 0.5) is 0 Å². The van der Waals surface area contributed by atoms with Gasteiger partial charge in [0, 0.05) is 16.2 Å². The van der Waals surface area contributed by atoms with Crippen molar-refractivity contribution in [2.45, 2.75) is 6.92 Å². The first-order chi connectivity index (χ1) is 8.67. The van der Waals surface area contributed by atoms with E-state index in [1.54, 1.807) is 6.08 Å². The SMILES string of the molecule is C=C/C(C#Cc1ccc(C(=C)Cl)cc1)=C\C=C/C. The zero-order valence-electron chi connectivity index (χ0n) is 10.4. The van der Waals surface area contributed by atoms with Crippen LogP contribution in [0.25, 0.3) is 5.03 Å². The molecule has 1 aromatic carbocycles. The Morgan fingerprint density at radius 2 is 1.94 bits per heavy atom. The Balaban J connectivity index is 2.91. The highest BCUT2D eigenvalue weighted by atomic mass is 35.5. The van der Waals surface area contributed by atoms with Crippen molar-refractivity contribution in [3.05, 3.63) is 78.4 Å². The van der Waals surface area contributed by atoms with E-state index in [9.17, 15) is 0 Å². The summed E-state index contributed by atoms with van der Waals surface area (Å²) in [5, 5.41) is 0.536. The Labute approximate surface area is 114 Å². The highest BCUT2D eigenvalue weighted by molar-refractivity contribution is 6.48. The molecule has 0 aliphatic heterocycles. The molecule has 0 aromatic heterocycles. The van der Waals surface area contributed by atoms with Crippen LogP contribution in [0.15, 0.2) is 67.3 Å². The maximum absolute atomic E-state index is 5.80. The van der Waals surface area contributed by atoms with Crippen LogP contribution < -0.4 is 0 Å². The third-order valence-electron chi connectivity index (χ3n) is 2.24. The summed E-state index contributed by atoms with van der Waals surface area (Å²) >= 11 is 5.80. The Hall–Kier alpha value is -1.97. The van der Waals surface area contributed by atoms with E-state index in [2.05, 4.69) is 25.0 Å². The normalized spacial score (nSPS) is 10.9. The second-order valence-electron chi connectivity index (χ2n) is 3.58. The van der Waals surface area contributed by atoms with Gasteiger partial charge in [0.05, 0.1) is 0 Å². The highest BCUT2D eigenvalue weighted by Crippen LogP contribution is 2.16. The Morgan fingerprint density at radius 1 is 1.28 bits per heavy atom. The topological polar surface area (TPSA) is 0 Å². The van der Waals surface area contributed by atoms with E-state index in [4.69, 9.17) is 11.6 Å². The van der Waals surface area contributed by atoms with Crippen LogP contribution in [0, 0.1) is 11.8 Å². The lowest BCUT2D eigenvalue weighted by Crippen LogP contribution is -1.78. The Bertz CT molecular complexity index is 546. The van der Waals surface area contributed by atoms with Crippen molar-refractivity contribution in [2.24, 2.45) is 0 Å². The molecule has 0 fully saturated rings. The van der Waals surface area contributed by atoms with Crippen LogP contribution in [-0.2, 0) is 0 Å². The monoisotopic (exact) mass is 254 g/mol. The fraction of sp³-hybridized carbons (Fsp3) is 0.0588. The number of hydrogen-bond donors (Lipinski definition) is 0. The quantitative estimate of drug-likeness (QED) is 0.530. The van der Waals surface area contributed by atoms with Crippen molar-refractivity contribution >= 4 is 16.6 Å². The van der Waals surface area contributed by atoms with E-state index in [0.717, 1.165) is 16.7 Å². The van der Waals surface area contributed by atoms with Gasteiger partial charge in [0.15, 0.2) is 0 Å². The smallest absolute Gasteiger partial charge is 0.0406 e. The lowest BCUT2D eigenvalue weighted by Gasteiger charge is -1.96. The van der Waals surface area contributed by atoms with Gasteiger partial charge in [-0.1, -0.05) is 67.0 Å². The number of hydrogen-bond acceptors (Lipinski definition) is 0. The number of halogens is 1.